The smallest absolute Gasteiger partial charge is 0.271 e. The highest BCUT2D eigenvalue weighted by Gasteiger charge is 2.22. The number of hydrogen-bond acceptors (Lipinski definition) is 5. The molecule has 0 spiro atoms. The first-order valence-corrected chi connectivity index (χ1v) is 7.44. The first kappa shape index (κ1) is 14.5. The minimum atomic E-state index is -0.441. The zero-order chi connectivity index (χ0) is 15.7. The Labute approximate surface area is 135 Å². The molecule has 1 saturated heterocycles. The number of thiocarbonyl (C=S) groups is 1. The van der Waals surface area contributed by atoms with Crippen LogP contribution in [0.5, 0.6) is 0 Å². The van der Waals surface area contributed by atoms with Crippen LogP contribution in [0.1, 0.15) is 5.69 Å². The van der Waals surface area contributed by atoms with Gasteiger partial charge in [0.2, 0.25) is 0 Å². The van der Waals surface area contributed by atoms with Crippen molar-refractivity contribution in [3.63, 3.8) is 0 Å². The van der Waals surface area contributed by atoms with E-state index in [4.69, 9.17) is 12.2 Å². The van der Waals surface area contributed by atoms with Gasteiger partial charge >= 0.3 is 0 Å². The molecule has 3 rings (SSSR count). The lowest BCUT2D eigenvalue weighted by Crippen LogP contribution is -2.17. The molecule has 0 radical (unpaired) electrons. The molecular weight excluding hydrogens is 322 g/mol. The Morgan fingerprint density at radius 1 is 1.32 bits per heavy atom. The van der Waals surface area contributed by atoms with Gasteiger partial charge in [-0.2, -0.15) is 0 Å². The summed E-state index contributed by atoms with van der Waals surface area (Å²) in [5.74, 6) is -0.234. The van der Waals surface area contributed by atoms with Crippen LogP contribution in [-0.2, 0) is 4.79 Å². The van der Waals surface area contributed by atoms with Crippen LogP contribution < -0.4 is 5.32 Å². The monoisotopic (exact) mass is 331 g/mol. The Bertz CT molecular complexity index is 826. The van der Waals surface area contributed by atoms with E-state index in [0.717, 1.165) is 5.69 Å². The summed E-state index contributed by atoms with van der Waals surface area (Å²) in [6.07, 6.45) is 3.49. The number of benzene rings is 1. The second kappa shape index (κ2) is 5.74. The number of nitrogens with one attached hydrogen (secondary N) is 1. The average molecular weight is 331 g/mol. The maximum atomic E-state index is 11.7. The number of carbonyl (C=O) groups is 1. The molecule has 1 aliphatic heterocycles. The molecule has 1 fully saturated rings. The molecule has 0 aliphatic carbocycles. The first-order valence-electron chi connectivity index (χ1n) is 6.21. The van der Waals surface area contributed by atoms with Crippen molar-refractivity contribution in [2.45, 2.75) is 0 Å². The molecule has 8 heteroatoms. The van der Waals surface area contributed by atoms with Crippen molar-refractivity contribution < 1.29 is 9.72 Å². The predicted octanol–water partition coefficient (Wildman–Crippen LogP) is 2.87. The van der Waals surface area contributed by atoms with E-state index in [1.807, 2.05) is 6.07 Å². The van der Waals surface area contributed by atoms with Crippen LogP contribution in [0.25, 0.3) is 11.8 Å². The van der Waals surface area contributed by atoms with Gasteiger partial charge in [0.15, 0.2) is 0 Å². The lowest BCUT2D eigenvalue weighted by atomic mass is 10.2. The Hall–Kier alpha value is -2.45. The number of nitrogens with zero attached hydrogens (tertiary/aromatic N) is 2. The van der Waals surface area contributed by atoms with Crippen molar-refractivity contribution in [3.8, 4) is 5.69 Å². The number of aromatic nitrogens is 1. The van der Waals surface area contributed by atoms with Crippen molar-refractivity contribution in [1.29, 1.82) is 0 Å². The van der Waals surface area contributed by atoms with E-state index in [1.165, 1.54) is 23.9 Å². The van der Waals surface area contributed by atoms with E-state index in [1.54, 1.807) is 35.0 Å². The molecule has 0 atom stereocenters. The van der Waals surface area contributed by atoms with Crippen LogP contribution in [0.4, 0.5) is 5.69 Å². The standard InChI is InChI=1S/C14H9N3O3S2/c18-13-12(22-14(21)15-13)8-10-5-2-6-16(10)9-3-1-4-11(7-9)17(19)20/h1-8H,(H,15,18,21)/b12-8-. The molecule has 1 amide bonds. The summed E-state index contributed by atoms with van der Waals surface area (Å²) >= 11 is 6.14. The van der Waals surface area contributed by atoms with E-state index in [2.05, 4.69) is 5.32 Å². The zero-order valence-corrected chi connectivity index (χ0v) is 12.7. The van der Waals surface area contributed by atoms with Crippen LogP contribution in [-0.4, -0.2) is 19.7 Å². The minimum absolute atomic E-state index is 0.0129. The van der Waals surface area contributed by atoms with E-state index >= 15 is 0 Å². The Kier molecular flexibility index (Phi) is 3.78. The number of hydrogen-bond donors (Lipinski definition) is 1. The topological polar surface area (TPSA) is 77.2 Å². The van der Waals surface area contributed by atoms with E-state index in [-0.39, 0.29) is 11.6 Å². The van der Waals surface area contributed by atoms with Gasteiger partial charge in [0.25, 0.3) is 11.6 Å². The van der Waals surface area contributed by atoms with Gasteiger partial charge in [0.05, 0.1) is 15.5 Å². The molecule has 110 valence electrons. The number of non-ortho nitro benzene ring substituents is 1. The zero-order valence-electron chi connectivity index (χ0n) is 11.1. The van der Waals surface area contributed by atoms with Gasteiger partial charge in [-0.25, -0.2) is 0 Å². The third-order valence-corrected chi connectivity index (χ3v) is 4.18. The molecule has 2 heterocycles. The third-order valence-electron chi connectivity index (χ3n) is 3.02. The number of carbonyl (C=O) groups excluding carboxylic acids is 1. The largest absolute Gasteiger partial charge is 0.317 e. The molecule has 1 aromatic carbocycles. The van der Waals surface area contributed by atoms with Crippen molar-refractivity contribution >= 4 is 46.0 Å². The van der Waals surface area contributed by atoms with E-state index in [0.29, 0.717) is 14.9 Å². The van der Waals surface area contributed by atoms with Crippen molar-refractivity contribution in [2.75, 3.05) is 0 Å². The number of nitro groups is 1. The second-order valence-electron chi connectivity index (χ2n) is 4.43. The first-order chi connectivity index (χ1) is 10.5. The van der Waals surface area contributed by atoms with Crippen LogP contribution >= 0.6 is 24.0 Å². The van der Waals surface area contributed by atoms with Crippen LogP contribution in [0.2, 0.25) is 0 Å². The molecule has 1 N–H and O–H groups in total. The highest BCUT2D eigenvalue weighted by Crippen LogP contribution is 2.27. The Morgan fingerprint density at radius 3 is 2.82 bits per heavy atom. The van der Waals surface area contributed by atoms with Gasteiger partial charge < -0.3 is 9.88 Å². The van der Waals surface area contributed by atoms with E-state index < -0.39 is 4.92 Å². The summed E-state index contributed by atoms with van der Waals surface area (Å²) in [5.41, 5.74) is 1.40. The Morgan fingerprint density at radius 2 is 2.14 bits per heavy atom. The Balaban J connectivity index is 2.01. The maximum absolute atomic E-state index is 11.7. The minimum Gasteiger partial charge on any atom is -0.317 e. The number of amides is 1. The van der Waals surface area contributed by atoms with Crippen LogP contribution in [0, 0.1) is 10.1 Å². The highest BCUT2D eigenvalue weighted by molar-refractivity contribution is 8.26. The molecular formula is C14H9N3O3S2. The fourth-order valence-electron chi connectivity index (χ4n) is 2.06. The fraction of sp³-hybridized carbons (Fsp3) is 0. The average Bonchev–Trinajstić information content (AvgIpc) is 3.06. The van der Waals surface area contributed by atoms with Gasteiger partial charge in [0.1, 0.15) is 4.32 Å². The van der Waals surface area contributed by atoms with Crippen LogP contribution in [0.15, 0.2) is 47.5 Å². The summed E-state index contributed by atoms with van der Waals surface area (Å²) in [7, 11) is 0. The predicted molar refractivity (Wildman–Crippen MR) is 88.7 cm³/mol. The lowest BCUT2D eigenvalue weighted by molar-refractivity contribution is -0.384. The normalized spacial score (nSPS) is 16.1. The van der Waals surface area contributed by atoms with Crippen molar-refractivity contribution in [1.82, 2.24) is 9.88 Å². The molecule has 0 saturated carbocycles. The summed E-state index contributed by atoms with van der Waals surface area (Å²) < 4.78 is 2.19. The fourth-order valence-corrected chi connectivity index (χ4v) is 3.09. The quantitative estimate of drug-likeness (QED) is 0.405. The SMILES string of the molecule is O=C1NC(=S)S/C1=C\c1cccn1-c1cccc([N+](=O)[O-])c1. The highest BCUT2D eigenvalue weighted by atomic mass is 32.2. The van der Waals surface area contributed by atoms with E-state index in [9.17, 15) is 14.9 Å². The summed E-state index contributed by atoms with van der Waals surface area (Å²) in [6, 6.07) is 9.93. The summed E-state index contributed by atoms with van der Waals surface area (Å²) in [5, 5.41) is 13.4. The van der Waals surface area contributed by atoms with Gasteiger partial charge in [-0.1, -0.05) is 30.0 Å². The number of rotatable bonds is 3. The second-order valence-corrected chi connectivity index (χ2v) is 6.15. The summed E-state index contributed by atoms with van der Waals surface area (Å²) in [6.45, 7) is 0. The van der Waals surface area contributed by atoms with Gasteiger partial charge in [0, 0.05) is 24.0 Å². The number of nitro benzene ring substituents is 1. The van der Waals surface area contributed by atoms with Crippen LogP contribution in [0.3, 0.4) is 0 Å². The van der Waals surface area contributed by atoms with Crippen molar-refractivity contribution in [2.24, 2.45) is 0 Å². The lowest BCUT2D eigenvalue weighted by Gasteiger charge is -2.06. The molecule has 22 heavy (non-hydrogen) atoms. The molecule has 1 aromatic heterocycles. The molecule has 0 bridgehead atoms. The molecule has 2 aromatic rings. The molecule has 0 unspecified atom stereocenters. The van der Waals surface area contributed by atoms with Gasteiger partial charge in [-0.3, -0.25) is 14.9 Å². The molecule has 6 nitrogen and oxygen atoms in total. The maximum Gasteiger partial charge on any atom is 0.271 e. The molecule has 1 aliphatic rings. The third kappa shape index (κ3) is 2.78. The van der Waals surface area contributed by atoms with Gasteiger partial charge in [-0.05, 0) is 24.3 Å². The number of thioether (sulfide) groups is 1. The summed E-state index contributed by atoms with van der Waals surface area (Å²) in [4.78, 5) is 22.7. The van der Waals surface area contributed by atoms with Gasteiger partial charge in [-0.15, -0.1) is 0 Å². The van der Waals surface area contributed by atoms with Crippen molar-refractivity contribution in [3.05, 3.63) is 63.3 Å².